The summed E-state index contributed by atoms with van der Waals surface area (Å²) in [6.07, 6.45) is 3.23. The van der Waals surface area contributed by atoms with Gasteiger partial charge in [-0.05, 0) is 13.0 Å². The van der Waals surface area contributed by atoms with Crippen LogP contribution < -0.4 is 5.73 Å². The van der Waals surface area contributed by atoms with Crippen LogP contribution in [0.25, 0.3) is 0 Å². The van der Waals surface area contributed by atoms with Crippen molar-refractivity contribution in [1.29, 1.82) is 0 Å². The Bertz CT molecular complexity index is 433. The van der Waals surface area contributed by atoms with Crippen molar-refractivity contribution in [3.8, 4) is 0 Å². The predicted octanol–water partition coefficient (Wildman–Crippen LogP) is 1.36. The van der Waals surface area contributed by atoms with Gasteiger partial charge in [-0.15, -0.1) is 23.7 Å². The maximum Gasteiger partial charge on any atom is 0.180 e. The number of hydrogen-bond acceptors (Lipinski definition) is 6. The van der Waals surface area contributed by atoms with Crippen molar-refractivity contribution in [2.45, 2.75) is 25.9 Å². The molecule has 2 aliphatic rings. The summed E-state index contributed by atoms with van der Waals surface area (Å²) in [5.74, 6) is 0. The van der Waals surface area contributed by atoms with Crippen LogP contribution in [0.15, 0.2) is 6.20 Å². The van der Waals surface area contributed by atoms with Gasteiger partial charge in [-0.1, -0.05) is 6.92 Å². The normalized spacial score (nSPS) is 25.1. The molecule has 2 aliphatic heterocycles. The minimum absolute atomic E-state index is 0. The Kier molecular flexibility index (Phi) is 6.25. The first-order chi connectivity index (χ1) is 9.74. The minimum atomic E-state index is 0. The molecule has 1 aromatic rings. The Labute approximate surface area is 137 Å². The van der Waals surface area contributed by atoms with Crippen LogP contribution in [0.5, 0.6) is 0 Å². The topological polar surface area (TPSA) is 48.6 Å². The highest BCUT2D eigenvalue weighted by molar-refractivity contribution is 7.15. The Morgan fingerprint density at radius 3 is 2.62 bits per heavy atom. The number of halogens is 1. The molecule has 0 aromatic carbocycles. The highest BCUT2D eigenvalue weighted by Crippen LogP contribution is 2.22. The van der Waals surface area contributed by atoms with Crippen LogP contribution in [0.3, 0.4) is 0 Å². The molecule has 3 heterocycles. The van der Waals surface area contributed by atoms with Crippen LogP contribution in [0.2, 0.25) is 0 Å². The summed E-state index contributed by atoms with van der Waals surface area (Å²) in [4.78, 5) is 13.2. The van der Waals surface area contributed by atoms with Crippen molar-refractivity contribution < 1.29 is 0 Å². The van der Waals surface area contributed by atoms with E-state index in [9.17, 15) is 0 Å². The number of rotatable bonds is 4. The number of likely N-dealkylation sites (N-methyl/N-ethyl adjacent to an activating group) is 1. The summed E-state index contributed by atoms with van der Waals surface area (Å²) in [7, 11) is 0. The first kappa shape index (κ1) is 17.0. The lowest BCUT2D eigenvalue weighted by Crippen LogP contribution is -2.50. The zero-order chi connectivity index (χ0) is 13.9. The van der Waals surface area contributed by atoms with Gasteiger partial charge < -0.3 is 10.6 Å². The molecule has 0 spiro atoms. The number of nitrogens with zero attached hydrogens (tertiary/aromatic N) is 4. The van der Waals surface area contributed by atoms with Gasteiger partial charge in [-0.2, -0.15) is 0 Å². The number of piperazine rings is 1. The average Bonchev–Trinajstić information content (AvgIpc) is 3.09. The first-order valence-corrected chi connectivity index (χ1v) is 8.45. The SMILES string of the molecule is CCN1CCN(C2CCN(Cc3cnc(N)s3)C2)CC1.Cl. The first-order valence-electron chi connectivity index (χ1n) is 7.63. The summed E-state index contributed by atoms with van der Waals surface area (Å²) >= 11 is 1.62. The number of nitrogen functional groups attached to an aromatic ring is 1. The van der Waals surface area contributed by atoms with Crippen molar-refractivity contribution in [2.24, 2.45) is 0 Å². The lowest BCUT2D eigenvalue weighted by Gasteiger charge is -2.37. The minimum Gasteiger partial charge on any atom is -0.375 e. The van der Waals surface area contributed by atoms with Gasteiger partial charge in [-0.3, -0.25) is 9.80 Å². The van der Waals surface area contributed by atoms with E-state index in [1.54, 1.807) is 11.3 Å². The van der Waals surface area contributed by atoms with E-state index in [-0.39, 0.29) is 12.4 Å². The molecule has 2 saturated heterocycles. The van der Waals surface area contributed by atoms with E-state index < -0.39 is 0 Å². The molecule has 1 atom stereocenters. The molecule has 120 valence electrons. The predicted molar refractivity (Wildman–Crippen MR) is 91.1 cm³/mol. The Balaban J connectivity index is 0.00000161. The largest absolute Gasteiger partial charge is 0.375 e. The average molecular weight is 332 g/mol. The fraction of sp³-hybridized carbons (Fsp3) is 0.786. The zero-order valence-corrected chi connectivity index (χ0v) is 14.3. The smallest absolute Gasteiger partial charge is 0.180 e. The monoisotopic (exact) mass is 331 g/mol. The van der Waals surface area contributed by atoms with Crippen LogP contribution >= 0.6 is 23.7 Å². The van der Waals surface area contributed by atoms with Crippen molar-refractivity contribution >= 4 is 28.9 Å². The fourth-order valence-corrected chi connectivity index (χ4v) is 4.04. The second kappa shape index (κ2) is 7.74. The van der Waals surface area contributed by atoms with E-state index in [1.165, 1.54) is 57.1 Å². The van der Waals surface area contributed by atoms with Crippen LogP contribution in [-0.2, 0) is 6.54 Å². The van der Waals surface area contributed by atoms with Gasteiger partial charge in [0.25, 0.3) is 0 Å². The maximum absolute atomic E-state index is 5.70. The summed E-state index contributed by atoms with van der Waals surface area (Å²) < 4.78 is 0. The molecule has 2 N–H and O–H groups in total. The molecule has 1 aromatic heterocycles. The number of thiazole rings is 1. The van der Waals surface area contributed by atoms with E-state index in [4.69, 9.17) is 5.73 Å². The van der Waals surface area contributed by atoms with E-state index in [0.29, 0.717) is 5.13 Å². The molecule has 0 bridgehead atoms. The molecule has 0 saturated carbocycles. The second-order valence-electron chi connectivity index (χ2n) is 5.81. The van der Waals surface area contributed by atoms with Crippen LogP contribution in [0.4, 0.5) is 5.13 Å². The molecule has 7 heteroatoms. The van der Waals surface area contributed by atoms with Gasteiger partial charge in [-0.25, -0.2) is 4.98 Å². The lowest BCUT2D eigenvalue weighted by molar-refractivity contribution is 0.101. The number of aromatic nitrogens is 1. The third kappa shape index (κ3) is 4.29. The number of nitrogens with two attached hydrogens (primary N) is 1. The number of anilines is 1. The maximum atomic E-state index is 5.70. The Morgan fingerprint density at radius 2 is 2.00 bits per heavy atom. The molecule has 0 amide bonds. The molecule has 0 aliphatic carbocycles. The van der Waals surface area contributed by atoms with Crippen molar-refractivity contribution in [2.75, 3.05) is 51.5 Å². The molecular formula is C14H26ClN5S. The number of likely N-dealkylation sites (tertiary alicyclic amines) is 1. The number of hydrogen-bond donors (Lipinski definition) is 1. The molecule has 1 unspecified atom stereocenters. The van der Waals surface area contributed by atoms with Crippen molar-refractivity contribution in [1.82, 2.24) is 19.7 Å². The van der Waals surface area contributed by atoms with Gasteiger partial charge in [0.05, 0.1) is 0 Å². The van der Waals surface area contributed by atoms with Crippen molar-refractivity contribution in [3.63, 3.8) is 0 Å². The van der Waals surface area contributed by atoms with Gasteiger partial charge >= 0.3 is 0 Å². The van der Waals surface area contributed by atoms with Crippen LogP contribution in [0.1, 0.15) is 18.2 Å². The van der Waals surface area contributed by atoms with Gasteiger partial charge in [0.2, 0.25) is 0 Å². The summed E-state index contributed by atoms with van der Waals surface area (Å²) in [5.41, 5.74) is 5.70. The fourth-order valence-electron chi connectivity index (χ4n) is 3.31. The highest BCUT2D eigenvalue weighted by Gasteiger charge is 2.29. The van der Waals surface area contributed by atoms with Gasteiger partial charge in [0, 0.05) is 62.9 Å². The van der Waals surface area contributed by atoms with Crippen molar-refractivity contribution in [3.05, 3.63) is 11.1 Å². The quantitative estimate of drug-likeness (QED) is 0.902. The van der Waals surface area contributed by atoms with E-state index in [2.05, 4.69) is 26.6 Å². The second-order valence-corrected chi connectivity index (χ2v) is 6.96. The third-order valence-corrected chi connectivity index (χ3v) is 5.38. The standard InChI is InChI=1S/C14H25N5S.ClH/c1-2-17-5-7-19(8-6-17)12-3-4-18(10-12)11-13-9-16-14(15)20-13;/h9,12H,2-8,10-11H2,1H3,(H2,15,16);1H. The Hall–Kier alpha value is -0.400. The lowest BCUT2D eigenvalue weighted by atomic mass is 10.2. The molecule has 0 radical (unpaired) electrons. The van der Waals surface area contributed by atoms with Crippen LogP contribution in [0, 0.1) is 0 Å². The summed E-state index contributed by atoms with van der Waals surface area (Å²) in [5, 5.41) is 0.687. The third-order valence-electron chi connectivity index (χ3n) is 4.57. The summed E-state index contributed by atoms with van der Waals surface area (Å²) in [6, 6.07) is 0.749. The molecular weight excluding hydrogens is 306 g/mol. The summed E-state index contributed by atoms with van der Waals surface area (Å²) in [6.45, 7) is 11.8. The van der Waals surface area contributed by atoms with E-state index in [1.807, 2.05) is 6.20 Å². The van der Waals surface area contributed by atoms with E-state index in [0.717, 1.165) is 12.6 Å². The molecule has 21 heavy (non-hydrogen) atoms. The molecule has 3 rings (SSSR count). The van der Waals surface area contributed by atoms with Gasteiger partial charge in [0.1, 0.15) is 0 Å². The van der Waals surface area contributed by atoms with E-state index >= 15 is 0 Å². The van der Waals surface area contributed by atoms with Crippen LogP contribution in [-0.4, -0.2) is 71.5 Å². The Morgan fingerprint density at radius 1 is 1.24 bits per heavy atom. The molecule has 2 fully saturated rings. The molecule has 5 nitrogen and oxygen atoms in total. The van der Waals surface area contributed by atoms with Gasteiger partial charge in [0.15, 0.2) is 5.13 Å². The zero-order valence-electron chi connectivity index (χ0n) is 12.7. The highest BCUT2D eigenvalue weighted by atomic mass is 35.5.